The number of benzene rings is 3. The number of hydrogen-bond acceptors (Lipinski definition) is 6. The first-order valence-corrected chi connectivity index (χ1v) is 12.0. The van der Waals surface area contributed by atoms with Crippen molar-refractivity contribution in [2.24, 2.45) is 0 Å². The Kier molecular flexibility index (Phi) is 7.79. The summed E-state index contributed by atoms with van der Waals surface area (Å²) in [5, 5.41) is 13.8. The zero-order valence-electron chi connectivity index (χ0n) is 17.8. The zero-order valence-corrected chi connectivity index (χ0v) is 19.4. The molecule has 0 aliphatic rings. The zero-order chi connectivity index (χ0) is 23.8. The lowest BCUT2D eigenvalue weighted by atomic mass is 10.1. The van der Waals surface area contributed by atoms with E-state index in [4.69, 9.17) is 0 Å². The molecule has 0 aliphatic heterocycles. The van der Waals surface area contributed by atoms with Crippen LogP contribution in [0.3, 0.4) is 0 Å². The first kappa shape index (κ1) is 23.3. The summed E-state index contributed by atoms with van der Waals surface area (Å²) < 4.78 is 14.4. The van der Waals surface area contributed by atoms with E-state index in [0.29, 0.717) is 20.8 Å². The summed E-state index contributed by atoms with van der Waals surface area (Å²) in [6.45, 7) is 0. The van der Waals surface area contributed by atoms with E-state index >= 15 is 0 Å². The fourth-order valence-corrected chi connectivity index (χ4v) is 4.57. The second-order valence-electron chi connectivity index (χ2n) is 7.03. The first-order chi connectivity index (χ1) is 16.6. The third-order valence-corrected chi connectivity index (χ3v) is 6.61. The second kappa shape index (κ2) is 11.4. The van der Waals surface area contributed by atoms with E-state index in [1.807, 2.05) is 42.5 Å². The van der Waals surface area contributed by atoms with Gasteiger partial charge in [-0.2, -0.15) is 0 Å². The highest BCUT2D eigenvalue weighted by Crippen LogP contribution is 2.28. The van der Waals surface area contributed by atoms with Crippen LogP contribution < -0.4 is 10.6 Å². The van der Waals surface area contributed by atoms with Gasteiger partial charge in [-0.3, -0.25) is 14.9 Å². The molecular weight excluding hydrogens is 471 g/mol. The molecule has 34 heavy (non-hydrogen) atoms. The lowest BCUT2D eigenvalue weighted by molar-refractivity contribution is -0.111. The van der Waals surface area contributed by atoms with Crippen molar-refractivity contribution < 1.29 is 14.0 Å². The van der Waals surface area contributed by atoms with E-state index in [0.717, 1.165) is 11.1 Å². The molecule has 6 nitrogen and oxygen atoms in total. The van der Waals surface area contributed by atoms with Gasteiger partial charge in [0.2, 0.25) is 11.0 Å². The average molecular weight is 491 g/mol. The molecule has 0 saturated heterocycles. The van der Waals surface area contributed by atoms with Crippen molar-refractivity contribution in [3.63, 3.8) is 0 Å². The molecule has 0 saturated carbocycles. The molecule has 4 rings (SSSR count). The molecule has 0 radical (unpaired) electrons. The molecule has 0 atom stereocenters. The summed E-state index contributed by atoms with van der Waals surface area (Å²) in [6, 6.07) is 22.6. The molecule has 0 aliphatic carbocycles. The molecule has 9 heteroatoms. The number of para-hydroxylation sites is 1. The number of anilines is 2. The maximum atomic E-state index is 13.7. The number of nitrogens with one attached hydrogen (secondary N) is 2. The maximum absolute atomic E-state index is 13.7. The highest BCUT2D eigenvalue weighted by molar-refractivity contribution is 8.00. The summed E-state index contributed by atoms with van der Waals surface area (Å²) in [5.41, 5.74) is 2.49. The number of halogens is 1. The van der Waals surface area contributed by atoms with Crippen molar-refractivity contribution in [1.29, 1.82) is 0 Å². The van der Waals surface area contributed by atoms with Crippen molar-refractivity contribution in [3.8, 4) is 0 Å². The number of carbonyl (C=O) groups is 2. The Morgan fingerprint density at radius 2 is 1.65 bits per heavy atom. The summed E-state index contributed by atoms with van der Waals surface area (Å²) in [5.74, 6) is -0.522. The first-order valence-electron chi connectivity index (χ1n) is 10.2. The van der Waals surface area contributed by atoms with Gasteiger partial charge in [0.25, 0.3) is 5.91 Å². The molecule has 2 N–H and O–H groups in total. The average Bonchev–Trinajstić information content (AvgIpc) is 3.31. The highest BCUT2D eigenvalue weighted by atomic mass is 32.2. The van der Waals surface area contributed by atoms with Crippen LogP contribution in [0.25, 0.3) is 6.08 Å². The van der Waals surface area contributed by atoms with Crippen LogP contribution in [0, 0.1) is 5.82 Å². The topological polar surface area (TPSA) is 84.0 Å². The molecule has 0 bridgehead atoms. The van der Waals surface area contributed by atoms with Crippen LogP contribution in [0.15, 0.2) is 89.3 Å². The largest absolute Gasteiger partial charge is 0.319 e. The second-order valence-corrected chi connectivity index (χ2v) is 9.23. The van der Waals surface area contributed by atoms with Crippen LogP contribution >= 0.6 is 23.1 Å². The number of nitrogens with zero attached hydrogens (tertiary/aromatic N) is 2. The van der Waals surface area contributed by atoms with Crippen molar-refractivity contribution >= 4 is 51.8 Å². The predicted molar refractivity (Wildman–Crippen MR) is 134 cm³/mol. The van der Waals surface area contributed by atoms with Gasteiger partial charge < -0.3 is 5.32 Å². The molecule has 0 unspecified atom stereocenters. The van der Waals surface area contributed by atoms with Crippen molar-refractivity contribution in [2.75, 3.05) is 10.6 Å². The third kappa shape index (κ3) is 6.60. The van der Waals surface area contributed by atoms with Gasteiger partial charge in [-0.1, -0.05) is 77.7 Å². The number of rotatable bonds is 8. The minimum Gasteiger partial charge on any atom is -0.319 e. The normalized spacial score (nSPS) is 10.9. The fraction of sp³-hybridized carbons (Fsp3) is 0.0400. The number of thioether (sulfide) groups is 1. The highest BCUT2D eigenvalue weighted by Gasteiger charge is 2.10. The molecule has 0 fully saturated rings. The van der Waals surface area contributed by atoms with Crippen LogP contribution in [-0.2, 0) is 10.5 Å². The number of aromatic nitrogens is 2. The molecule has 1 heterocycles. The minimum atomic E-state index is -0.483. The molecular formula is C25H19FN4O2S2. The van der Waals surface area contributed by atoms with Gasteiger partial charge in [-0.15, -0.1) is 10.2 Å². The Morgan fingerprint density at radius 1 is 0.912 bits per heavy atom. The molecule has 2 amide bonds. The van der Waals surface area contributed by atoms with E-state index in [2.05, 4.69) is 20.8 Å². The van der Waals surface area contributed by atoms with Crippen LogP contribution in [-0.4, -0.2) is 22.0 Å². The standard InChI is InChI=1S/C25H19FN4O2S2/c26-20-8-4-5-9-21(20)27-23(32)19-13-10-18(11-14-19)16-33-25-30-29-24(34-25)28-22(31)15-12-17-6-2-1-3-7-17/h1-15H,16H2,(H,27,32)(H,28,29,31). The monoisotopic (exact) mass is 490 g/mol. The van der Waals surface area contributed by atoms with Gasteiger partial charge in [0.05, 0.1) is 5.69 Å². The van der Waals surface area contributed by atoms with Gasteiger partial charge in [0.1, 0.15) is 5.82 Å². The van der Waals surface area contributed by atoms with E-state index in [-0.39, 0.29) is 17.5 Å². The fourth-order valence-electron chi connectivity index (χ4n) is 2.86. The van der Waals surface area contributed by atoms with Gasteiger partial charge in [0.15, 0.2) is 4.34 Å². The molecule has 3 aromatic carbocycles. The SMILES string of the molecule is O=C(C=Cc1ccccc1)Nc1nnc(SCc2ccc(C(=O)Nc3ccccc3F)cc2)s1. The Hall–Kier alpha value is -3.82. The Morgan fingerprint density at radius 3 is 2.41 bits per heavy atom. The third-order valence-electron chi connectivity index (χ3n) is 4.56. The lowest BCUT2D eigenvalue weighted by Crippen LogP contribution is -2.12. The molecule has 4 aromatic rings. The number of carbonyl (C=O) groups excluding carboxylic acids is 2. The van der Waals surface area contributed by atoms with E-state index in [1.54, 1.807) is 30.3 Å². The Bertz CT molecular complexity index is 1310. The van der Waals surface area contributed by atoms with Crippen LogP contribution in [0.1, 0.15) is 21.5 Å². The number of amides is 2. The molecule has 170 valence electrons. The number of hydrogen-bond donors (Lipinski definition) is 2. The summed E-state index contributed by atoms with van der Waals surface area (Å²) in [7, 11) is 0. The summed E-state index contributed by atoms with van der Waals surface area (Å²) in [4.78, 5) is 24.4. The van der Waals surface area contributed by atoms with E-state index in [9.17, 15) is 14.0 Å². The Balaban J connectivity index is 1.27. The Labute approximate surface area is 203 Å². The van der Waals surface area contributed by atoms with Crippen LogP contribution in [0.4, 0.5) is 15.2 Å². The lowest BCUT2D eigenvalue weighted by Gasteiger charge is -2.07. The van der Waals surface area contributed by atoms with Crippen LogP contribution in [0.5, 0.6) is 0 Å². The minimum absolute atomic E-state index is 0.141. The molecule has 0 spiro atoms. The van der Waals surface area contributed by atoms with Gasteiger partial charge in [-0.25, -0.2) is 4.39 Å². The van der Waals surface area contributed by atoms with E-state index in [1.165, 1.54) is 41.3 Å². The quantitative estimate of drug-likeness (QED) is 0.183. The smallest absolute Gasteiger partial charge is 0.255 e. The van der Waals surface area contributed by atoms with Gasteiger partial charge in [0, 0.05) is 17.4 Å². The van der Waals surface area contributed by atoms with Crippen molar-refractivity contribution in [3.05, 3.63) is 107 Å². The molecule has 1 aromatic heterocycles. The summed E-state index contributed by atoms with van der Waals surface area (Å²) in [6.07, 6.45) is 3.18. The predicted octanol–water partition coefficient (Wildman–Crippen LogP) is 5.87. The van der Waals surface area contributed by atoms with Crippen molar-refractivity contribution in [1.82, 2.24) is 10.2 Å². The van der Waals surface area contributed by atoms with E-state index < -0.39 is 5.82 Å². The maximum Gasteiger partial charge on any atom is 0.255 e. The summed E-state index contributed by atoms with van der Waals surface area (Å²) >= 11 is 2.76. The van der Waals surface area contributed by atoms with Gasteiger partial charge >= 0.3 is 0 Å². The van der Waals surface area contributed by atoms with Crippen molar-refractivity contribution in [2.45, 2.75) is 10.1 Å². The van der Waals surface area contributed by atoms with Crippen LogP contribution in [0.2, 0.25) is 0 Å². The van der Waals surface area contributed by atoms with Gasteiger partial charge in [-0.05, 0) is 41.5 Å².